The van der Waals surface area contributed by atoms with Crippen LogP contribution in [0, 0.1) is 0 Å². The first-order valence-corrected chi connectivity index (χ1v) is 3.90. The maximum absolute atomic E-state index is 12.8. The molecule has 15 heavy (non-hydrogen) atoms. The normalized spacial score (nSPS) is 12.1. The van der Waals surface area contributed by atoms with Crippen molar-refractivity contribution in [3.05, 3.63) is 29.8 Å². The Bertz CT molecular complexity index is 298. The van der Waals surface area contributed by atoms with E-state index in [0.29, 0.717) is 13.0 Å². The molecule has 1 rings (SSSR count). The number of halogens is 5. The summed E-state index contributed by atoms with van der Waals surface area (Å²) in [6.07, 6.45) is 0. The van der Waals surface area contributed by atoms with Gasteiger partial charge in [-0.05, 0) is 5.56 Å². The van der Waals surface area contributed by atoms with E-state index in [1.807, 2.05) is 0 Å². The monoisotopic (exact) mass is 248 g/mol. The quantitative estimate of drug-likeness (QED) is 0.504. The van der Waals surface area contributed by atoms with Crippen molar-refractivity contribution in [1.82, 2.24) is 0 Å². The molecule has 0 spiro atoms. The zero-order valence-electron chi connectivity index (χ0n) is 8.28. The molecule has 0 saturated heterocycles. The molecule has 0 heterocycles. The molecule has 1 aromatic carbocycles. The third-order valence-corrected chi connectivity index (χ3v) is 1.79. The average molecular weight is 248 g/mol. The molecule has 0 unspecified atom stereocenters. The standard InChI is InChI=1S/C8H7BF5.K/c1-8(10,11)6-4-2-3-5-7(6)9(12,13)14;/h2-5H,1H3;/q-1;+1. The van der Waals surface area contributed by atoms with E-state index in [0.717, 1.165) is 18.2 Å². The topological polar surface area (TPSA) is 0 Å². The molecular weight excluding hydrogens is 241 g/mol. The Labute approximate surface area is 127 Å². The van der Waals surface area contributed by atoms with Crippen LogP contribution in [0.3, 0.4) is 0 Å². The molecule has 0 atom stereocenters. The second-order valence-corrected chi connectivity index (χ2v) is 3.05. The van der Waals surface area contributed by atoms with Crippen LogP contribution < -0.4 is 56.8 Å². The van der Waals surface area contributed by atoms with Crippen LogP contribution in [-0.4, -0.2) is 6.98 Å². The first kappa shape index (κ1) is 15.6. The van der Waals surface area contributed by atoms with Crippen LogP contribution in [0.25, 0.3) is 0 Å². The van der Waals surface area contributed by atoms with Gasteiger partial charge in [-0.3, -0.25) is 0 Å². The van der Waals surface area contributed by atoms with Crippen molar-refractivity contribution in [2.45, 2.75) is 12.8 Å². The van der Waals surface area contributed by atoms with Crippen LogP contribution in [0.2, 0.25) is 0 Å². The number of benzene rings is 1. The van der Waals surface area contributed by atoms with Crippen molar-refractivity contribution in [3.63, 3.8) is 0 Å². The van der Waals surface area contributed by atoms with Crippen LogP contribution in [0.15, 0.2) is 24.3 Å². The second-order valence-electron chi connectivity index (χ2n) is 3.05. The minimum Gasteiger partial charge on any atom is -0.445 e. The van der Waals surface area contributed by atoms with E-state index < -0.39 is 23.9 Å². The molecule has 0 fully saturated rings. The molecule has 0 aromatic heterocycles. The molecule has 0 N–H and O–H groups in total. The molecule has 0 aliphatic rings. The van der Waals surface area contributed by atoms with Crippen molar-refractivity contribution in [2.24, 2.45) is 0 Å². The third kappa shape index (κ3) is 4.14. The minimum atomic E-state index is -5.38. The predicted molar refractivity (Wildman–Crippen MR) is 44.7 cm³/mol. The molecule has 0 nitrogen and oxygen atoms in total. The minimum absolute atomic E-state index is 0. The zero-order chi connectivity index (χ0) is 11.0. The van der Waals surface area contributed by atoms with Crippen molar-refractivity contribution in [1.29, 1.82) is 0 Å². The van der Waals surface area contributed by atoms with Gasteiger partial charge in [0.25, 0.3) is 5.92 Å². The summed E-state index contributed by atoms with van der Waals surface area (Å²) < 4.78 is 62.4. The molecule has 0 radical (unpaired) electrons. The Morgan fingerprint density at radius 3 is 1.87 bits per heavy atom. The number of rotatable bonds is 2. The van der Waals surface area contributed by atoms with Gasteiger partial charge >= 0.3 is 58.4 Å². The number of hydrogen-bond acceptors (Lipinski definition) is 0. The van der Waals surface area contributed by atoms with E-state index in [4.69, 9.17) is 0 Å². The van der Waals surface area contributed by atoms with Crippen LogP contribution in [0.4, 0.5) is 21.7 Å². The molecule has 0 amide bonds. The predicted octanol–water partition coefficient (Wildman–Crippen LogP) is -0.143. The summed E-state index contributed by atoms with van der Waals surface area (Å²) in [6.45, 7) is -4.93. The fourth-order valence-electron chi connectivity index (χ4n) is 1.18. The average Bonchev–Trinajstić information content (AvgIpc) is 2.01. The van der Waals surface area contributed by atoms with Crippen molar-refractivity contribution in [3.8, 4) is 0 Å². The van der Waals surface area contributed by atoms with E-state index >= 15 is 0 Å². The van der Waals surface area contributed by atoms with Crippen molar-refractivity contribution in [2.75, 3.05) is 0 Å². The van der Waals surface area contributed by atoms with Gasteiger partial charge in [-0.2, -0.15) is 0 Å². The van der Waals surface area contributed by atoms with Gasteiger partial charge in [-0.15, -0.1) is 0 Å². The largest absolute Gasteiger partial charge is 1.00 e. The van der Waals surface area contributed by atoms with Gasteiger partial charge in [0.05, 0.1) is 0 Å². The second kappa shape index (κ2) is 5.27. The van der Waals surface area contributed by atoms with Gasteiger partial charge in [-0.25, -0.2) is 8.78 Å². The summed E-state index contributed by atoms with van der Waals surface area (Å²) >= 11 is 0. The molecule has 0 bridgehead atoms. The summed E-state index contributed by atoms with van der Waals surface area (Å²) in [7, 11) is 0. The van der Waals surface area contributed by atoms with Gasteiger partial charge < -0.3 is 12.9 Å². The first-order chi connectivity index (χ1) is 6.23. The van der Waals surface area contributed by atoms with Gasteiger partial charge in [0.1, 0.15) is 0 Å². The first-order valence-electron chi connectivity index (χ1n) is 3.90. The summed E-state index contributed by atoms with van der Waals surface area (Å²) in [6, 6.07) is 3.73. The smallest absolute Gasteiger partial charge is 0.445 e. The molecule has 0 saturated carbocycles. The Balaban J connectivity index is 0.00000196. The maximum atomic E-state index is 12.8. The Kier molecular flexibility index (Phi) is 5.47. The SMILES string of the molecule is CC(F)(F)c1ccccc1[B-](F)(F)F.[K+]. The van der Waals surface area contributed by atoms with E-state index in [1.54, 1.807) is 0 Å². The molecule has 7 heteroatoms. The van der Waals surface area contributed by atoms with Crippen molar-refractivity contribution >= 4 is 12.4 Å². The Morgan fingerprint density at radius 1 is 1.07 bits per heavy atom. The van der Waals surface area contributed by atoms with Gasteiger partial charge in [0.2, 0.25) is 0 Å². The zero-order valence-corrected chi connectivity index (χ0v) is 11.4. The van der Waals surface area contributed by atoms with E-state index in [2.05, 4.69) is 0 Å². The summed E-state index contributed by atoms with van der Waals surface area (Å²) in [5.41, 5.74) is -2.19. The molecule has 0 aliphatic heterocycles. The van der Waals surface area contributed by atoms with E-state index in [9.17, 15) is 21.7 Å². The van der Waals surface area contributed by atoms with E-state index in [-0.39, 0.29) is 51.4 Å². The van der Waals surface area contributed by atoms with Crippen LogP contribution in [-0.2, 0) is 5.92 Å². The number of hydrogen-bond donors (Lipinski definition) is 0. The summed E-state index contributed by atoms with van der Waals surface area (Å²) in [5, 5.41) is 0. The molecule has 0 aliphatic carbocycles. The van der Waals surface area contributed by atoms with Gasteiger partial charge in [-0.1, -0.05) is 29.7 Å². The van der Waals surface area contributed by atoms with E-state index in [1.165, 1.54) is 0 Å². The maximum Gasteiger partial charge on any atom is 1.00 e. The number of alkyl halides is 2. The van der Waals surface area contributed by atoms with Gasteiger partial charge in [0, 0.05) is 6.92 Å². The third-order valence-electron chi connectivity index (χ3n) is 1.79. The van der Waals surface area contributed by atoms with Crippen molar-refractivity contribution < 1.29 is 73.1 Å². The van der Waals surface area contributed by atoms with Gasteiger partial charge in [0.15, 0.2) is 0 Å². The van der Waals surface area contributed by atoms with Crippen LogP contribution in [0.5, 0.6) is 0 Å². The molecule has 78 valence electrons. The Hall–Kier alpha value is 0.571. The molecule has 1 aromatic rings. The fourth-order valence-corrected chi connectivity index (χ4v) is 1.18. The molecular formula is C8H7BF5K. The fraction of sp³-hybridized carbons (Fsp3) is 0.250. The summed E-state index contributed by atoms with van der Waals surface area (Å²) in [5.74, 6) is -3.46. The van der Waals surface area contributed by atoms with Crippen LogP contribution >= 0.6 is 0 Å². The Morgan fingerprint density at radius 2 is 1.53 bits per heavy atom. The summed E-state index contributed by atoms with van der Waals surface area (Å²) in [4.78, 5) is 0. The van der Waals surface area contributed by atoms with Crippen LogP contribution in [0.1, 0.15) is 12.5 Å².